The van der Waals surface area contributed by atoms with Crippen LogP contribution in [0.25, 0.3) is 11.3 Å². The Labute approximate surface area is 112 Å². The molecule has 0 aliphatic rings. The third-order valence-electron chi connectivity index (χ3n) is 2.98. The summed E-state index contributed by atoms with van der Waals surface area (Å²) in [7, 11) is 0. The Morgan fingerprint density at radius 3 is 2.47 bits per heavy atom. The number of nitrogens with zero attached hydrogens (tertiary/aromatic N) is 2. The molecule has 2 rings (SSSR count). The van der Waals surface area contributed by atoms with E-state index in [2.05, 4.69) is 30.3 Å². The number of pyridine rings is 1. The smallest absolute Gasteiger partial charge is 0.158 e. The summed E-state index contributed by atoms with van der Waals surface area (Å²) < 4.78 is 0. The first-order valence-electron chi connectivity index (χ1n) is 6.14. The first kappa shape index (κ1) is 13.1. The molecule has 1 aromatic heterocycles. The zero-order valence-corrected chi connectivity index (χ0v) is 11.0. The van der Waals surface area contributed by atoms with Crippen molar-refractivity contribution in [3.8, 4) is 17.3 Å². The monoisotopic (exact) mass is 252 g/mol. The fraction of sp³-hybridized carbons (Fsp3) is 0.200. The summed E-state index contributed by atoms with van der Waals surface area (Å²) in [6, 6.07) is 13.9. The number of hydrogen-bond donors (Lipinski definition) is 2. The Morgan fingerprint density at radius 1 is 1.26 bits per heavy atom. The van der Waals surface area contributed by atoms with Crippen molar-refractivity contribution in [2.45, 2.75) is 19.8 Å². The molecule has 1 aromatic carbocycles. The van der Waals surface area contributed by atoms with Crippen molar-refractivity contribution in [1.82, 2.24) is 4.98 Å². The molecule has 0 bridgehead atoms. The van der Waals surface area contributed by atoms with Gasteiger partial charge in [0.25, 0.3) is 0 Å². The summed E-state index contributed by atoms with van der Waals surface area (Å²) in [4.78, 5) is 4.49. The number of nitrogens with two attached hydrogens (primary N) is 1. The van der Waals surface area contributed by atoms with E-state index in [0.29, 0.717) is 11.4 Å². The number of nitrogen functional groups attached to an aromatic ring is 1. The van der Waals surface area contributed by atoms with Gasteiger partial charge in [-0.25, -0.2) is 10.8 Å². The Kier molecular flexibility index (Phi) is 3.79. The summed E-state index contributed by atoms with van der Waals surface area (Å²) >= 11 is 0. The Hall–Kier alpha value is -2.38. The second kappa shape index (κ2) is 5.51. The van der Waals surface area contributed by atoms with Crippen molar-refractivity contribution in [2.24, 2.45) is 5.84 Å². The Morgan fingerprint density at radius 2 is 1.95 bits per heavy atom. The van der Waals surface area contributed by atoms with Crippen LogP contribution in [0.3, 0.4) is 0 Å². The molecule has 19 heavy (non-hydrogen) atoms. The molecule has 0 aliphatic carbocycles. The van der Waals surface area contributed by atoms with Gasteiger partial charge in [0, 0.05) is 5.56 Å². The van der Waals surface area contributed by atoms with Gasteiger partial charge in [0.2, 0.25) is 0 Å². The van der Waals surface area contributed by atoms with Crippen LogP contribution < -0.4 is 11.3 Å². The molecule has 0 saturated heterocycles. The zero-order valence-electron chi connectivity index (χ0n) is 11.0. The molecule has 3 N–H and O–H groups in total. The minimum atomic E-state index is 0.279. The number of hydrogen-bond acceptors (Lipinski definition) is 4. The largest absolute Gasteiger partial charge is 0.307 e. The standard InChI is InChI=1S/C15H16N4/c1-10(2)13-8-12(9-16)15(19-17)18-14(13)11-6-4-3-5-7-11/h3-8,10H,17H2,1-2H3,(H,18,19). The lowest BCUT2D eigenvalue weighted by molar-refractivity contribution is 0.860. The van der Waals surface area contributed by atoms with Crippen LogP contribution in [0.2, 0.25) is 0 Å². The van der Waals surface area contributed by atoms with Crippen LogP contribution in [0.1, 0.15) is 30.9 Å². The fourth-order valence-electron chi connectivity index (χ4n) is 1.99. The molecule has 0 spiro atoms. The van der Waals surface area contributed by atoms with Crippen LogP contribution in [0.5, 0.6) is 0 Å². The first-order chi connectivity index (χ1) is 9.17. The van der Waals surface area contributed by atoms with Gasteiger partial charge < -0.3 is 5.43 Å². The molecule has 4 nitrogen and oxygen atoms in total. The van der Waals surface area contributed by atoms with Crippen molar-refractivity contribution in [3.63, 3.8) is 0 Å². The third kappa shape index (κ3) is 2.56. The third-order valence-corrected chi connectivity index (χ3v) is 2.98. The van der Waals surface area contributed by atoms with Crippen LogP contribution in [-0.2, 0) is 0 Å². The van der Waals surface area contributed by atoms with Crippen molar-refractivity contribution < 1.29 is 0 Å². The molecule has 0 radical (unpaired) electrons. The maximum atomic E-state index is 9.13. The molecule has 0 fully saturated rings. The van der Waals surface area contributed by atoms with E-state index in [9.17, 15) is 0 Å². The number of aromatic nitrogens is 1. The summed E-state index contributed by atoms with van der Waals surface area (Å²) in [6.45, 7) is 4.17. The maximum Gasteiger partial charge on any atom is 0.158 e. The van der Waals surface area contributed by atoms with Crippen LogP contribution >= 0.6 is 0 Å². The number of benzene rings is 1. The molecule has 2 aromatic rings. The fourth-order valence-corrected chi connectivity index (χ4v) is 1.99. The first-order valence-corrected chi connectivity index (χ1v) is 6.14. The molecule has 0 atom stereocenters. The predicted molar refractivity (Wildman–Crippen MR) is 76.3 cm³/mol. The van der Waals surface area contributed by atoms with E-state index in [1.54, 1.807) is 0 Å². The van der Waals surface area contributed by atoms with Crippen molar-refractivity contribution in [1.29, 1.82) is 5.26 Å². The molecule has 4 heteroatoms. The summed E-state index contributed by atoms with van der Waals surface area (Å²) in [5.41, 5.74) is 5.88. The van der Waals surface area contributed by atoms with E-state index in [-0.39, 0.29) is 5.92 Å². The molecular weight excluding hydrogens is 236 g/mol. The molecule has 0 amide bonds. The minimum Gasteiger partial charge on any atom is -0.307 e. The number of rotatable bonds is 3. The lowest BCUT2D eigenvalue weighted by Crippen LogP contribution is -2.12. The van der Waals surface area contributed by atoms with Gasteiger partial charge in [-0.3, -0.25) is 0 Å². The maximum absolute atomic E-state index is 9.13. The molecule has 0 aliphatic heterocycles. The topological polar surface area (TPSA) is 74.7 Å². The lowest BCUT2D eigenvalue weighted by atomic mass is 9.95. The van der Waals surface area contributed by atoms with Gasteiger partial charge >= 0.3 is 0 Å². The van der Waals surface area contributed by atoms with Crippen molar-refractivity contribution >= 4 is 5.82 Å². The Bertz CT molecular complexity index is 612. The van der Waals surface area contributed by atoms with Crippen LogP contribution in [0, 0.1) is 11.3 Å². The SMILES string of the molecule is CC(C)c1cc(C#N)c(NN)nc1-c1ccccc1. The van der Waals surface area contributed by atoms with Crippen LogP contribution in [-0.4, -0.2) is 4.98 Å². The highest BCUT2D eigenvalue weighted by atomic mass is 15.2. The van der Waals surface area contributed by atoms with E-state index in [1.807, 2.05) is 36.4 Å². The summed E-state index contributed by atoms with van der Waals surface area (Å²) in [6.07, 6.45) is 0. The van der Waals surface area contributed by atoms with E-state index < -0.39 is 0 Å². The highest BCUT2D eigenvalue weighted by Crippen LogP contribution is 2.30. The van der Waals surface area contributed by atoms with Crippen LogP contribution in [0.4, 0.5) is 5.82 Å². The van der Waals surface area contributed by atoms with E-state index >= 15 is 0 Å². The van der Waals surface area contributed by atoms with Gasteiger partial charge in [0.05, 0.1) is 11.3 Å². The van der Waals surface area contributed by atoms with Gasteiger partial charge in [-0.05, 0) is 17.5 Å². The summed E-state index contributed by atoms with van der Waals surface area (Å²) in [5.74, 6) is 6.12. The number of hydrazine groups is 1. The molecule has 96 valence electrons. The van der Waals surface area contributed by atoms with Crippen molar-refractivity contribution in [2.75, 3.05) is 5.43 Å². The average molecular weight is 252 g/mol. The van der Waals surface area contributed by atoms with Crippen LogP contribution in [0.15, 0.2) is 36.4 Å². The number of anilines is 1. The number of nitriles is 1. The highest BCUT2D eigenvalue weighted by Gasteiger charge is 2.14. The summed E-state index contributed by atoms with van der Waals surface area (Å²) in [5, 5.41) is 9.13. The van der Waals surface area contributed by atoms with Gasteiger partial charge in [-0.2, -0.15) is 5.26 Å². The molecule has 0 saturated carbocycles. The highest BCUT2D eigenvalue weighted by molar-refractivity contribution is 5.69. The Balaban J connectivity index is 2.69. The second-order valence-electron chi connectivity index (χ2n) is 4.60. The van der Waals surface area contributed by atoms with Gasteiger partial charge in [-0.15, -0.1) is 0 Å². The molecular formula is C15H16N4. The normalized spacial score (nSPS) is 10.3. The average Bonchev–Trinajstić information content (AvgIpc) is 2.46. The van der Waals surface area contributed by atoms with Gasteiger partial charge in [0.15, 0.2) is 5.82 Å². The minimum absolute atomic E-state index is 0.279. The predicted octanol–water partition coefficient (Wildman–Crippen LogP) is 3.03. The zero-order chi connectivity index (χ0) is 13.8. The van der Waals surface area contributed by atoms with Gasteiger partial charge in [0.1, 0.15) is 6.07 Å². The lowest BCUT2D eigenvalue weighted by Gasteiger charge is -2.15. The quantitative estimate of drug-likeness (QED) is 0.650. The second-order valence-corrected chi connectivity index (χ2v) is 4.60. The number of nitrogens with one attached hydrogen (secondary N) is 1. The van der Waals surface area contributed by atoms with Crippen molar-refractivity contribution in [3.05, 3.63) is 47.5 Å². The molecule has 0 unspecified atom stereocenters. The van der Waals surface area contributed by atoms with E-state index in [1.165, 1.54) is 0 Å². The van der Waals surface area contributed by atoms with E-state index in [4.69, 9.17) is 11.1 Å². The van der Waals surface area contributed by atoms with E-state index in [0.717, 1.165) is 16.8 Å². The van der Waals surface area contributed by atoms with Gasteiger partial charge in [-0.1, -0.05) is 44.2 Å². The molecule has 1 heterocycles.